The van der Waals surface area contributed by atoms with Crippen LogP contribution < -0.4 is 4.74 Å². The van der Waals surface area contributed by atoms with Gasteiger partial charge in [-0.15, -0.1) is 13.2 Å². The van der Waals surface area contributed by atoms with Crippen molar-refractivity contribution in [1.29, 1.82) is 0 Å². The number of halogens is 4. The van der Waals surface area contributed by atoms with Gasteiger partial charge in [0.25, 0.3) is 0 Å². The molecule has 130 valence electrons. The van der Waals surface area contributed by atoms with Gasteiger partial charge in [-0.05, 0) is 25.0 Å². The Kier molecular flexibility index (Phi) is 4.70. The van der Waals surface area contributed by atoms with Crippen LogP contribution in [0, 0.1) is 5.82 Å². The predicted molar refractivity (Wildman–Crippen MR) is 76.7 cm³/mol. The lowest BCUT2D eigenvalue weighted by Crippen LogP contribution is -2.35. The summed E-state index contributed by atoms with van der Waals surface area (Å²) in [6, 6.07) is 3.68. The zero-order valence-electron chi connectivity index (χ0n) is 12.7. The fourth-order valence-electron chi connectivity index (χ4n) is 2.88. The molecule has 0 atom stereocenters. The fraction of sp³-hybridized carbons (Fsp3) is 0.467. The number of aromatic nitrogens is 3. The molecular weight excluding hydrogens is 328 g/mol. The third-order valence-corrected chi connectivity index (χ3v) is 4.05. The highest BCUT2D eigenvalue weighted by molar-refractivity contribution is 5.34. The molecule has 0 N–H and O–H groups in total. The van der Waals surface area contributed by atoms with Crippen molar-refractivity contribution < 1.29 is 22.3 Å². The van der Waals surface area contributed by atoms with Gasteiger partial charge >= 0.3 is 6.36 Å². The summed E-state index contributed by atoms with van der Waals surface area (Å²) in [4.78, 5) is 5.82. The Balaban J connectivity index is 1.66. The molecule has 0 spiro atoms. The van der Waals surface area contributed by atoms with Crippen LogP contribution in [0.2, 0.25) is 0 Å². The molecule has 1 aromatic heterocycles. The van der Waals surface area contributed by atoms with E-state index < -0.39 is 17.9 Å². The normalized spacial score (nSPS) is 17.2. The minimum atomic E-state index is -4.84. The van der Waals surface area contributed by atoms with Crippen LogP contribution >= 0.6 is 0 Å². The molecule has 0 amide bonds. The van der Waals surface area contributed by atoms with Gasteiger partial charge in [-0.25, -0.2) is 14.1 Å². The first-order valence-corrected chi connectivity index (χ1v) is 7.52. The van der Waals surface area contributed by atoms with E-state index in [1.54, 1.807) is 11.0 Å². The van der Waals surface area contributed by atoms with Crippen LogP contribution in [0.15, 0.2) is 30.9 Å². The first kappa shape index (κ1) is 16.7. The minimum Gasteiger partial charge on any atom is -0.405 e. The molecule has 1 saturated heterocycles. The summed E-state index contributed by atoms with van der Waals surface area (Å²) in [5, 5.41) is 4.10. The smallest absolute Gasteiger partial charge is 0.405 e. The second-order valence-electron chi connectivity index (χ2n) is 5.65. The molecule has 9 heteroatoms. The quantitative estimate of drug-likeness (QED) is 0.799. The molecule has 1 fully saturated rings. The highest BCUT2D eigenvalue weighted by atomic mass is 19.4. The molecule has 1 aliphatic heterocycles. The third-order valence-electron chi connectivity index (χ3n) is 4.05. The number of hydrogen-bond acceptors (Lipinski definition) is 4. The third kappa shape index (κ3) is 4.02. The van der Waals surface area contributed by atoms with E-state index in [2.05, 4.69) is 14.8 Å². The average Bonchev–Trinajstić information content (AvgIpc) is 3.04. The van der Waals surface area contributed by atoms with Crippen molar-refractivity contribution in [1.82, 2.24) is 19.7 Å². The van der Waals surface area contributed by atoms with E-state index >= 15 is 0 Å². The molecule has 0 unspecified atom stereocenters. The predicted octanol–water partition coefficient (Wildman–Crippen LogP) is 3.15. The number of hydrogen-bond donors (Lipinski definition) is 0. The lowest BCUT2D eigenvalue weighted by Gasteiger charge is -2.32. The Labute approximate surface area is 135 Å². The van der Waals surface area contributed by atoms with E-state index in [-0.39, 0.29) is 18.2 Å². The SMILES string of the molecule is Fc1cccc(OC(F)(F)F)c1CN1CCC(n2cncn2)CC1. The highest BCUT2D eigenvalue weighted by Crippen LogP contribution is 2.30. The Morgan fingerprint density at radius 3 is 2.58 bits per heavy atom. The number of rotatable bonds is 4. The van der Waals surface area contributed by atoms with E-state index in [1.807, 2.05) is 4.90 Å². The van der Waals surface area contributed by atoms with Gasteiger partial charge < -0.3 is 4.74 Å². The van der Waals surface area contributed by atoms with Crippen molar-refractivity contribution in [2.75, 3.05) is 13.1 Å². The molecule has 0 bridgehead atoms. The van der Waals surface area contributed by atoms with Crippen molar-refractivity contribution in [3.63, 3.8) is 0 Å². The van der Waals surface area contributed by atoms with Gasteiger partial charge in [0.15, 0.2) is 0 Å². The average molecular weight is 344 g/mol. The molecule has 1 aromatic carbocycles. The number of piperidine rings is 1. The van der Waals surface area contributed by atoms with Gasteiger partial charge in [0.05, 0.1) is 6.04 Å². The molecule has 2 heterocycles. The summed E-state index contributed by atoms with van der Waals surface area (Å²) in [6.45, 7) is 1.33. The summed E-state index contributed by atoms with van der Waals surface area (Å²) in [7, 11) is 0. The van der Waals surface area contributed by atoms with Crippen LogP contribution in [0.25, 0.3) is 0 Å². The largest absolute Gasteiger partial charge is 0.573 e. The van der Waals surface area contributed by atoms with Crippen LogP contribution in [-0.2, 0) is 6.54 Å². The molecule has 0 saturated carbocycles. The maximum atomic E-state index is 14.0. The Morgan fingerprint density at radius 2 is 1.96 bits per heavy atom. The van der Waals surface area contributed by atoms with E-state index in [0.29, 0.717) is 13.1 Å². The molecule has 2 aromatic rings. The number of nitrogens with zero attached hydrogens (tertiary/aromatic N) is 4. The number of likely N-dealkylation sites (tertiary alicyclic amines) is 1. The summed E-state index contributed by atoms with van der Waals surface area (Å²) < 4.78 is 57.1. The molecule has 24 heavy (non-hydrogen) atoms. The van der Waals surface area contributed by atoms with Gasteiger partial charge in [0.2, 0.25) is 0 Å². The summed E-state index contributed by atoms with van der Waals surface area (Å²) in [5.74, 6) is -1.18. The van der Waals surface area contributed by atoms with E-state index in [1.165, 1.54) is 12.4 Å². The monoisotopic (exact) mass is 344 g/mol. The van der Waals surface area contributed by atoms with Crippen LogP contribution in [0.5, 0.6) is 5.75 Å². The first-order valence-electron chi connectivity index (χ1n) is 7.52. The van der Waals surface area contributed by atoms with Crippen molar-refractivity contribution in [3.8, 4) is 5.75 Å². The van der Waals surface area contributed by atoms with Gasteiger partial charge in [-0.1, -0.05) is 6.07 Å². The number of benzene rings is 1. The van der Waals surface area contributed by atoms with Gasteiger partial charge in [0.1, 0.15) is 24.2 Å². The number of alkyl halides is 3. The fourth-order valence-corrected chi connectivity index (χ4v) is 2.88. The molecule has 0 aliphatic carbocycles. The first-order chi connectivity index (χ1) is 11.4. The van der Waals surface area contributed by atoms with Crippen molar-refractivity contribution >= 4 is 0 Å². The van der Waals surface area contributed by atoms with Crippen LogP contribution in [0.1, 0.15) is 24.4 Å². The second-order valence-corrected chi connectivity index (χ2v) is 5.65. The van der Waals surface area contributed by atoms with E-state index in [9.17, 15) is 17.6 Å². The lowest BCUT2D eigenvalue weighted by atomic mass is 10.0. The zero-order chi connectivity index (χ0) is 17.2. The Bertz CT molecular complexity index is 667. The Morgan fingerprint density at radius 1 is 1.21 bits per heavy atom. The molecule has 1 aliphatic rings. The van der Waals surface area contributed by atoms with Crippen molar-refractivity contribution in [2.45, 2.75) is 31.8 Å². The zero-order valence-corrected chi connectivity index (χ0v) is 12.7. The van der Waals surface area contributed by atoms with E-state index in [0.717, 1.165) is 25.0 Å². The molecule has 3 rings (SSSR count). The minimum absolute atomic E-state index is 0.0716. The van der Waals surface area contributed by atoms with Crippen LogP contribution in [0.4, 0.5) is 17.6 Å². The molecule has 0 radical (unpaired) electrons. The van der Waals surface area contributed by atoms with E-state index in [4.69, 9.17) is 0 Å². The molecule has 5 nitrogen and oxygen atoms in total. The van der Waals surface area contributed by atoms with Gasteiger partial charge in [0, 0.05) is 25.2 Å². The maximum absolute atomic E-state index is 14.0. The topological polar surface area (TPSA) is 43.2 Å². The molecular formula is C15H16F4N4O. The summed E-state index contributed by atoms with van der Waals surface area (Å²) in [5.41, 5.74) is -0.0750. The highest BCUT2D eigenvalue weighted by Gasteiger charge is 2.33. The van der Waals surface area contributed by atoms with Crippen LogP contribution in [0.3, 0.4) is 0 Å². The van der Waals surface area contributed by atoms with Crippen molar-refractivity contribution in [2.24, 2.45) is 0 Å². The summed E-state index contributed by atoms with van der Waals surface area (Å²) in [6.07, 6.45) is -0.192. The van der Waals surface area contributed by atoms with Gasteiger partial charge in [-0.2, -0.15) is 5.10 Å². The van der Waals surface area contributed by atoms with Crippen LogP contribution in [-0.4, -0.2) is 39.1 Å². The van der Waals surface area contributed by atoms with Crippen molar-refractivity contribution in [3.05, 3.63) is 42.2 Å². The Hall–Kier alpha value is -2.16. The van der Waals surface area contributed by atoms with Gasteiger partial charge in [-0.3, -0.25) is 4.90 Å². The standard InChI is InChI=1S/C15H16F4N4O/c16-13-2-1-3-14(24-15(17,18)19)12(13)8-22-6-4-11(5-7-22)23-10-20-9-21-23/h1-3,9-11H,4-8H2. The lowest BCUT2D eigenvalue weighted by molar-refractivity contribution is -0.275. The number of ether oxygens (including phenoxy) is 1. The second kappa shape index (κ2) is 6.76. The summed E-state index contributed by atoms with van der Waals surface area (Å²) >= 11 is 0. The maximum Gasteiger partial charge on any atom is 0.573 e.